The Bertz CT molecular complexity index is 238. The van der Waals surface area contributed by atoms with Crippen molar-refractivity contribution >= 4 is 37.8 Å². The van der Waals surface area contributed by atoms with Gasteiger partial charge < -0.3 is 5.32 Å². The Hall–Kier alpha value is 0.430. The third-order valence-corrected chi connectivity index (χ3v) is 6.11. The number of nitrogens with one attached hydrogen (secondary N) is 1. The first-order valence-electron chi connectivity index (χ1n) is 6.51. The minimum atomic E-state index is -0.125. The van der Waals surface area contributed by atoms with Crippen LogP contribution in [0.5, 0.6) is 0 Å². The van der Waals surface area contributed by atoms with E-state index in [-0.39, 0.29) is 17.4 Å². The van der Waals surface area contributed by atoms with E-state index < -0.39 is 0 Å². The first-order valence-corrected chi connectivity index (χ1v) is 8.75. The number of carbonyl (C=O) groups is 1. The van der Waals surface area contributed by atoms with Gasteiger partial charge in [0.05, 0.1) is 5.54 Å². The van der Waals surface area contributed by atoms with Gasteiger partial charge in [-0.05, 0) is 38.0 Å². The fourth-order valence-corrected chi connectivity index (χ4v) is 4.27. The maximum atomic E-state index is 12.2. The van der Waals surface area contributed by atoms with Crippen LogP contribution >= 0.6 is 31.9 Å². The quantitative estimate of drug-likeness (QED) is 0.733. The average molecular weight is 369 g/mol. The molecule has 2 nitrogen and oxygen atoms in total. The van der Waals surface area contributed by atoms with Crippen LogP contribution in [-0.4, -0.2) is 22.1 Å². The Morgan fingerprint density at radius 1 is 1.24 bits per heavy atom. The van der Waals surface area contributed by atoms with E-state index in [2.05, 4.69) is 51.0 Å². The maximum Gasteiger partial charge on any atom is 0.223 e. The standard InChI is InChI=1S/C13H23Br2NO/c1-3-13(8-14,9-15)16-12(17)11-6-4-10(2)5-7-11/h10-11H,3-9H2,1-2H3,(H,16,17). The third kappa shape index (κ3) is 4.23. The molecule has 1 rings (SSSR count). The summed E-state index contributed by atoms with van der Waals surface area (Å²) in [4.78, 5) is 12.2. The van der Waals surface area contributed by atoms with Gasteiger partial charge in [-0.15, -0.1) is 0 Å². The van der Waals surface area contributed by atoms with Gasteiger partial charge in [-0.2, -0.15) is 0 Å². The average Bonchev–Trinajstić information content (AvgIpc) is 2.37. The second kappa shape index (κ2) is 7.13. The number of hydrogen-bond acceptors (Lipinski definition) is 1. The lowest BCUT2D eigenvalue weighted by molar-refractivity contribution is -0.127. The molecule has 0 saturated heterocycles. The molecule has 0 aliphatic heterocycles. The minimum Gasteiger partial charge on any atom is -0.349 e. The number of amides is 1. The lowest BCUT2D eigenvalue weighted by Gasteiger charge is -2.33. The molecule has 1 N–H and O–H groups in total. The largest absolute Gasteiger partial charge is 0.349 e. The van der Waals surface area contributed by atoms with Crippen LogP contribution in [0.2, 0.25) is 0 Å². The molecule has 0 aromatic rings. The van der Waals surface area contributed by atoms with Crippen molar-refractivity contribution in [2.75, 3.05) is 10.7 Å². The molecule has 1 amide bonds. The molecule has 1 fully saturated rings. The predicted octanol–water partition coefficient (Wildman–Crippen LogP) is 3.87. The molecule has 0 bridgehead atoms. The molecule has 100 valence electrons. The smallest absolute Gasteiger partial charge is 0.223 e. The van der Waals surface area contributed by atoms with Gasteiger partial charge >= 0.3 is 0 Å². The minimum absolute atomic E-state index is 0.125. The van der Waals surface area contributed by atoms with E-state index >= 15 is 0 Å². The zero-order chi connectivity index (χ0) is 12.9. The molecule has 1 aliphatic rings. The molecule has 17 heavy (non-hydrogen) atoms. The summed E-state index contributed by atoms with van der Waals surface area (Å²) in [7, 11) is 0. The molecule has 0 unspecified atom stereocenters. The summed E-state index contributed by atoms with van der Waals surface area (Å²) in [6.07, 6.45) is 5.44. The Morgan fingerprint density at radius 2 is 1.76 bits per heavy atom. The first-order chi connectivity index (χ1) is 8.06. The molecule has 4 heteroatoms. The van der Waals surface area contributed by atoms with Crippen LogP contribution in [0.1, 0.15) is 46.0 Å². The summed E-state index contributed by atoms with van der Waals surface area (Å²) in [6, 6.07) is 0. The van der Waals surface area contributed by atoms with Gasteiger partial charge in [-0.3, -0.25) is 4.79 Å². The van der Waals surface area contributed by atoms with Crippen molar-refractivity contribution in [1.29, 1.82) is 0 Å². The van der Waals surface area contributed by atoms with Gasteiger partial charge in [0.15, 0.2) is 0 Å². The first kappa shape index (κ1) is 15.5. The predicted molar refractivity (Wildman–Crippen MR) is 79.9 cm³/mol. The fourth-order valence-electron chi connectivity index (χ4n) is 2.27. The summed E-state index contributed by atoms with van der Waals surface area (Å²) >= 11 is 7.02. The zero-order valence-corrected chi connectivity index (χ0v) is 13.9. The zero-order valence-electron chi connectivity index (χ0n) is 10.8. The van der Waals surface area contributed by atoms with E-state index in [0.717, 1.165) is 35.8 Å². The molecule has 0 aromatic heterocycles. The molecule has 0 atom stereocenters. The number of hydrogen-bond donors (Lipinski definition) is 1. The normalized spacial score (nSPS) is 25.6. The van der Waals surface area contributed by atoms with Crippen LogP contribution in [-0.2, 0) is 4.79 Å². The third-order valence-electron chi connectivity index (χ3n) is 3.96. The molecule has 0 heterocycles. The molecule has 0 spiro atoms. The molecular formula is C13H23Br2NO. The van der Waals surface area contributed by atoms with Crippen molar-refractivity contribution in [3.8, 4) is 0 Å². The van der Waals surface area contributed by atoms with E-state index in [1.165, 1.54) is 12.8 Å². The van der Waals surface area contributed by atoms with E-state index in [1.54, 1.807) is 0 Å². The summed E-state index contributed by atoms with van der Waals surface area (Å²) in [6.45, 7) is 4.40. The van der Waals surface area contributed by atoms with Crippen LogP contribution in [0.25, 0.3) is 0 Å². The lowest BCUT2D eigenvalue weighted by atomic mass is 9.82. The van der Waals surface area contributed by atoms with Crippen LogP contribution in [0.4, 0.5) is 0 Å². The fraction of sp³-hybridized carbons (Fsp3) is 0.923. The lowest BCUT2D eigenvalue weighted by Crippen LogP contribution is -2.53. The van der Waals surface area contributed by atoms with Crippen molar-refractivity contribution in [1.82, 2.24) is 5.32 Å². The van der Waals surface area contributed by atoms with Crippen LogP contribution in [0, 0.1) is 11.8 Å². The van der Waals surface area contributed by atoms with Gasteiger partial charge in [0.1, 0.15) is 0 Å². The van der Waals surface area contributed by atoms with Gasteiger partial charge in [-0.1, -0.05) is 45.7 Å². The number of halogens is 2. The molecule has 1 aliphatic carbocycles. The van der Waals surface area contributed by atoms with Gasteiger partial charge in [0, 0.05) is 16.6 Å². The maximum absolute atomic E-state index is 12.2. The Balaban J connectivity index is 2.53. The highest BCUT2D eigenvalue weighted by molar-refractivity contribution is 9.09. The Kier molecular flexibility index (Phi) is 6.49. The van der Waals surface area contributed by atoms with Crippen LogP contribution in [0.3, 0.4) is 0 Å². The van der Waals surface area contributed by atoms with Gasteiger partial charge in [-0.25, -0.2) is 0 Å². The highest BCUT2D eigenvalue weighted by Crippen LogP contribution is 2.29. The molecular weight excluding hydrogens is 346 g/mol. The second-order valence-corrected chi connectivity index (χ2v) is 6.47. The topological polar surface area (TPSA) is 29.1 Å². The molecule has 0 radical (unpaired) electrons. The van der Waals surface area contributed by atoms with Crippen molar-refractivity contribution in [2.45, 2.75) is 51.5 Å². The summed E-state index contributed by atoms with van der Waals surface area (Å²) < 4.78 is 0. The van der Waals surface area contributed by atoms with Crippen molar-refractivity contribution in [2.24, 2.45) is 11.8 Å². The van der Waals surface area contributed by atoms with Crippen molar-refractivity contribution < 1.29 is 4.79 Å². The summed E-state index contributed by atoms with van der Waals surface area (Å²) in [5, 5.41) is 4.84. The monoisotopic (exact) mass is 367 g/mol. The van der Waals surface area contributed by atoms with Crippen molar-refractivity contribution in [3.63, 3.8) is 0 Å². The SMILES string of the molecule is CCC(CBr)(CBr)NC(=O)C1CCC(C)CC1. The number of alkyl halides is 2. The number of carbonyl (C=O) groups excluding carboxylic acids is 1. The van der Waals surface area contributed by atoms with Gasteiger partial charge in [0.2, 0.25) is 5.91 Å². The Labute approximate surface area is 122 Å². The molecule has 1 saturated carbocycles. The van der Waals surface area contributed by atoms with E-state index in [1.807, 2.05) is 0 Å². The molecule has 0 aromatic carbocycles. The van der Waals surface area contributed by atoms with E-state index in [0.29, 0.717) is 0 Å². The highest BCUT2D eigenvalue weighted by Gasteiger charge is 2.32. The Morgan fingerprint density at radius 3 is 2.18 bits per heavy atom. The van der Waals surface area contributed by atoms with Crippen molar-refractivity contribution in [3.05, 3.63) is 0 Å². The second-order valence-electron chi connectivity index (χ2n) is 5.35. The van der Waals surface area contributed by atoms with Crippen LogP contribution < -0.4 is 5.32 Å². The summed E-state index contributed by atoms with van der Waals surface area (Å²) in [5.41, 5.74) is -0.125. The van der Waals surface area contributed by atoms with E-state index in [9.17, 15) is 4.79 Å². The van der Waals surface area contributed by atoms with Crippen LogP contribution in [0.15, 0.2) is 0 Å². The highest BCUT2D eigenvalue weighted by atomic mass is 79.9. The van der Waals surface area contributed by atoms with E-state index in [4.69, 9.17) is 0 Å². The summed E-state index contributed by atoms with van der Waals surface area (Å²) in [5.74, 6) is 1.27. The van der Waals surface area contributed by atoms with Gasteiger partial charge in [0.25, 0.3) is 0 Å². The number of rotatable bonds is 5.